The molecule has 0 aliphatic heterocycles. The number of halogens is 3. The Labute approximate surface area is 124 Å². The van der Waals surface area contributed by atoms with E-state index in [1.54, 1.807) is 13.0 Å². The number of hydrogen-bond acceptors (Lipinski definition) is 4. The van der Waals surface area contributed by atoms with E-state index in [1.165, 1.54) is 6.07 Å². The van der Waals surface area contributed by atoms with Gasteiger partial charge in [0.25, 0.3) is 6.43 Å². The Morgan fingerprint density at radius 3 is 2.70 bits per heavy atom. The molecule has 0 aliphatic carbocycles. The highest BCUT2D eigenvalue weighted by molar-refractivity contribution is 9.10. The maximum absolute atomic E-state index is 12.0. The molecule has 0 spiro atoms. The van der Waals surface area contributed by atoms with Crippen LogP contribution in [0, 0.1) is 6.92 Å². The molecular weight excluding hydrogens is 358 g/mol. The molecule has 5 nitrogen and oxygen atoms in total. The van der Waals surface area contributed by atoms with Crippen molar-refractivity contribution in [3.05, 3.63) is 22.2 Å². The van der Waals surface area contributed by atoms with Crippen LogP contribution in [0.5, 0.6) is 0 Å². The molecule has 1 aromatic carbocycles. The highest BCUT2D eigenvalue weighted by Gasteiger charge is 2.17. The summed E-state index contributed by atoms with van der Waals surface area (Å²) in [6, 6.07) is 2.93. The summed E-state index contributed by atoms with van der Waals surface area (Å²) < 4.78 is 55.1. The number of sulfonamides is 1. The average molecular weight is 373 g/mol. The van der Waals surface area contributed by atoms with Gasteiger partial charge in [-0.15, -0.1) is 0 Å². The molecule has 3 N–H and O–H groups in total. The Balaban J connectivity index is 2.68. The van der Waals surface area contributed by atoms with Crippen LogP contribution in [0.4, 0.5) is 14.5 Å². The molecule has 9 heteroatoms. The molecule has 0 saturated carbocycles. The summed E-state index contributed by atoms with van der Waals surface area (Å²) in [6.07, 6.45) is -2.57. The Kier molecular flexibility index (Phi) is 6.31. The first kappa shape index (κ1) is 17.3. The van der Waals surface area contributed by atoms with Gasteiger partial charge in [-0.3, -0.25) is 0 Å². The molecule has 0 aliphatic rings. The van der Waals surface area contributed by atoms with Gasteiger partial charge in [0.1, 0.15) is 6.61 Å². The summed E-state index contributed by atoms with van der Waals surface area (Å²) in [4.78, 5) is 0.0482. The predicted molar refractivity (Wildman–Crippen MR) is 75.3 cm³/mol. The van der Waals surface area contributed by atoms with E-state index in [0.29, 0.717) is 15.7 Å². The number of nitrogen functional groups attached to an aromatic ring is 1. The van der Waals surface area contributed by atoms with Gasteiger partial charge in [0.2, 0.25) is 10.0 Å². The first-order valence-electron chi connectivity index (χ1n) is 5.65. The van der Waals surface area contributed by atoms with Gasteiger partial charge in [0, 0.05) is 16.7 Å². The third-order valence-corrected chi connectivity index (χ3v) is 4.66. The maximum Gasteiger partial charge on any atom is 0.261 e. The number of rotatable bonds is 7. The van der Waals surface area contributed by atoms with Gasteiger partial charge in [0.15, 0.2) is 0 Å². The largest absolute Gasteiger partial charge is 0.398 e. The van der Waals surface area contributed by atoms with Crippen molar-refractivity contribution in [2.24, 2.45) is 0 Å². The number of benzene rings is 1. The lowest BCUT2D eigenvalue weighted by Crippen LogP contribution is -2.28. The Hall–Kier alpha value is -0.770. The summed E-state index contributed by atoms with van der Waals surface area (Å²) in [5.41, 5.74) is 6.47. The molecule has 0 unspecified atom stereocenters. The normalized spacial score (nSPS) is 12.1. The minimum Gasteiger partial charge on any atom is -0.398 e. The van der Waals surface area contributed by atoms with E-state index in [9.17, 15) is 17.2 Å². The third-order valence-electron chi connectivity index (χ3n) is 2.37. The fourth-order valence-corrected chi connectivity index (χ4v) is 3.19. The van der Waals surface area contributed by atoms with Crippen LogP contribution in [0.15, 0.2) is 21.5 Å². The lowest BCUT2D eigenvalue weighted by molar-refractivity contribution is 0.0199. The fraction of sp³-hybridized carbons (Fsp3) is 0.455. The van der Waals surface area contributed by atoms with Gasteiger partial charge in [-0.25, -0.2) is 21.9 Å². The highest BCUT2D eigenvalue weighted by atomic mass is 79.9. The van der Waals surface area contributed by atoms with Gasteiger partial charge in [-0.1, -0.05) is 0 Å². The van der Waals surface area contributed by atoms with Crippen molar-refractivity contribution < 1.29 is 21.9 Å². The number of nitrogens with two attached hydrogens (primary N) is 1. The number of nitrogens with one attached hydrogen (secondary N) is 1. The van der Waals surface area contributed by atoms with E-state index < -0.39 is 23.1 Å². The molecule has 0 saturated heterocycles. The summed E-state index contributed by atoms with van der Waals surface area (Å²) in [7, 11) is -3.75. The van der Waals surface area contributed by atoms with Crippen molar-refractivity contribution in [3.63, 3.8) is 0 Å². The van der Waals surface area contributed by atoms with E-state index in [-0.39, 0.29) is 18.0 Å². The summed E-state index contributed by atoms with van der Waals surface area (Å²) >= 11 is 3.20. The Morgan fingerprint density at radius 1 is 1.45 bits per heavy atom. The first-order valence-corrected chi connectivity index (χ1v) is 7.93. The van der Waals surface area contributed by atoms with Crippen LogP contribution < -0.4 is 10.5 Å². The fourth-order valence-electron chi connectivity index (χ4n) is 1.46. The van der Waals surface area contributed by atoms with Crippen LogP contribution in [0.1, 0.15) is 5.56 Å². The van der Waals surface area contributed by atoms with Crippen molar-refractivity contribution in [1.29, 1.82) is 0 Å². The smallest absolute Gasteiger partial charge is 0.261 e. The van der Waals surface area contributed by atoms with Crippen molar-refractivity contribution in [3.8, 4) is 0 Å². The minimum atomic E-state index is -3.75. The molecule has 0 fully saturated rings. The van der Waals surface area contributed by atoms with Crippen molar-refractivity contribution >= 4 is 31.6 Å². The molecule has 0 amide bonds. The molecule has 114 valence electrons. The van der Waals surface area contributed by atoms with Crippen LogP contribution >= 0.6 is 15.9 Å². The van der Waals surface area contributed by atoms with E-state index in [2.05, 4.69) is 25.4 Å². The standard InChI is InChI=1S/C11H15BrF2N2O3S/c1-7-4-8(12)9(15)5-10(7)20(17,18)16-2-3-19-6-11(13)14/h4-5,11,16H,2-3,6,15H2,1H3. The number of aryl methyl sites for hydroxylation is 1. The van der Waals surface area contributed by atoms with Crippen LogP contribution in [-0.2, 0) is 14.8 Å². The second-order valence-corrected chi connectivity index (χ2v) is 6.59. The lowest BCUT2D eigenvalue weighted by atomic mass is 10.2. The average Bonchev–Trinajstić information content (AvgIpc) is 2.32. The zero-order valence-corrected chi connectivity index (χ0v) is 13.1. The maximum atomic E-state index is 12.0. The number of hydrogen-bond donors (Lipinski definition) is 2. The molecule has 0 heterocycles. The van der Waals surface area contributed by atoms with Gasteiger partial charge in [0.05, 0.1) is 11.5 Å². The number of alkyl halides is 2. The van der Waals surface area contributed by atoms with E-state index in [1.807, 2.05) is 0 Å². The molecular formula is C11H15BrF2N2O3S. The molecule has 1 aromatic rings. The Bertz CT molecular complexity index is 567. The monoisotopic (exact) mass is 372 g/mol. The molecule has 20 heavy (non-hydrogen) atoms. The zero-order valence-electron chi connectivity index (χ0n) is 10.7. The SMILES string of the molecule is Cc1cc(Br)c(N)cc1S(=O)(=O)NCCOCC(F)F. The highest BCUT2D eigenvalue weighted by Crippen LogP contribution is 2.26. The van der Waals surface area contributed by atoms with Crippen LogP contribution in [0.3, 0.4) is 0 Å². The van der Waals surface area contributed by atoms with Gasteiger partial charge >= 0.3 is 0 Å². The number of ether oxygens (including phenoxy) is 1. The van der Waals surface area contributed by atoms with Gasteiger partial charge in [-0.05, 0) is 40.5 Å². The van der Waals surface area contributed by atoms with Gasteiger partial charge in [-0.2, -0.15) is 0 Å². The van der Waals surface area contributed by atoms with Crippen molar-refractivity contribution in [2.75, 3.05) is 25.5 Å². The minimum absolute atomic E-state index is 0.0482. The molecule has 0 bridgehead atoms. The Morgan fingerprint density at radius 2 is 2.10 bits per heavy atom. The summed E-state index contributed by atoms with van der Waals surface area (Å²) in [6.45, 7) is 0.692. The molecule has 0 radical (unpaired) electrons. The van der Waals surface area contributed by atoms with Crippen LogP contribution in [-0.4, -0.2) is 34.6 Å². The molecule has 0 aromatic heterocycles. The van der Waals surface area contributed by atoms with Crippen LogP contribution in [0.25, 0.3) is 0 Å². The van der Waals surface area contributed by atoms with Crippen molar-refractivity contribution in [2.45, 2.75) is 18.2 Å². The summed E-state index contributed by atoms with van der Waals surface area (Å²) in [5.74, 6) is 0. The predicted octanol–water partition coefficient (Wildman–Crippen LogP) is 1.90. The van der Waals surface area contributed by atoms with Crippen LogP contribution in [0.2, 0.25) is 0 Å². The molecule has 0 atom stereocenters. The van der Waals surface area contributed by atoms with Gasteiger partial charge < -0.3 is 10.5 Å². The van der Waals surface area contributed by atoms with E-state index >= 15 is 0 Å². The topological polar surface area (TPSA) is 81.4 Å². The zero-order chi connectivity index (χ0) is 15.3. The van der Waals surface area contributed by atoms with E-state index in [4.69, 9.17) is 5.73 Å². The third kappa shape index (κ3) is 4.97. The summed E-state index contributed by atoms with van der Waals surface area (Å²) in [5, 5.41) is 0. The number of anilines is 1. The lowest BCUT2D eigenvalue weighted by Gasteiger charge is -2.11. The first-order chi connectivity index (χ1) is 9.24. The van der Waals surface area contributed by atoms with E-state index in [0.717, 1.165) is 0 Å². The van der Waals surface area contributed by atoms with Crippen molar-refractivity contribution in [1.82, 2.24) is 4.72 Å². The quantitative estimate of drug-likeness (QED) is 0.565. The molecule has 1 rings (SSSR count). The second kappa shape index (κ2) is 7.30. The second-order valence-electron chi connectivity index (χ2n) is 4.00.